The molecule has 3 nitrogen and oxygen atoms in total. The average Bonchev–Trinajstić information content (AvgIpc) is 2.42. The summed E-state index contributed by atoms with van der Waals surface area (Å²) < 4.78 is 10.8. The predicted octanol–water partition coefficient (Wildman–Crippen LogP) is 4.02. The minimum Gasteiger partial charge on any atom is -0.468 e. The van der Waals surface area contributed by atoms with Crippen LogP contribution < -0.4 is 10.2 Å². The molecular formula is C16H26O3. The third-order valence-corrected chi connectivity index (χ3v) is 3.85. The molecule has 0 amide bonds. The second-order valence-corrected chi connectivity index (χ2v) is 5.36. The van der Waals surface area contributed by atoms with Crippen molar-refractivity contribution in [2.24, 2.45) is 5.92 Å². The first kappa shape index (κ1) is 15.8. The Balaban J connectivity index is 2.69. The van der Waals surface area contributed by atoms with E-state index in [0.717, 1.165) is 30.1 Å². The average molecular weight is 266 g/mol. The minimum absolute atomic E-state index is 0.0417. The minimum atomic E-state index is 0.0417. The molecule has 1 rings (SSSR count). The molecule has 0 aliphatic heterocycles. The number of hydrogen-bond acceptors (Lipinski definition) is 3. The molecule has 0 aromatic carbocycles. The van der Waals surface area contributed by atoms with Crippen LogP contribution in [0.5, 0.6) is 5.95 Å². The molecule has 0 spiro atoms. The Morgan fingerprint density at radius 3 is 2.47 bits per heavy atom. The summed E-state index contributed by atoms with van der Waals surface area (Å²) in [5.74, 6) is 1.91. The molecule has 0 aliphatic carbocycles. The van der Waals surface area contributed by atoms with Crippen LogP contribution in [0.3, 0.4) is 0 Å². The van der Waals surface area contributed by atoms with Crippen molar-refractivity contribution in [3.8, 4) is 5.95 Å². The first-order chi connectivity index (χ1) is 9.01. The zero-order valence-electron chi connectivity index (χ0n) is 12.8. The van der Waals surface area contributed by atoms with Crippen LogP contribution in [-0.2, 0) is 6.42 Å². The summed E-state index contributed by atoms with van der Waals surface area (Å²) in [6, 6.07) is 0. The SMILES string of the molecule is CC[C@@H](C)CCCCc1oc(OC)c(C)c(=O)c1C. The lowest BCUT2D eigenvalue weighted by Crippen LogP contribution is -2.13. The van der Waals surface area contributed by atoms with Gasteiger partial charge < -0.3 is 9.15 Å². The summed E-state index contributed by atoms with van der Waals surface area (Å²) >= 11 is 0. The Morgan fingerprint density at radius 1 is 1.21 bits per heavy atom. The van der Waals surface area contributed by atoms with Crippen LogP contribution in [0.4, 0.5) is 0 Å². The van der Waals surface area contributed by atoms with Crippen molar-refractivity contribution in [1.82, 2.24) is 0 Å². The van der Waals surface area contributed by atoms with Gasteiger partial charge in [0.25, 0.3) is 5.95 Å². The molecule has 0 fully saturated rings. The first-order valence-corrected chi connectivity index (χ1v) is 7.18. The van der Waals surface area contributed by atoms with Gasteiger partial charge in [-0.05, 0) is 26.2 Å². The van der Waals surface area contributed by atoms with E-state index >= 15 is 0 Å². The number of ether oxygens (including phenoxy) is 1. The van der Waals surface area contributed by atoms with E-state index in [1.807, 2.05) is 6.92 Å². The number of methoxy groups -OCH3 is 1. The molecule has 0 saturated heterocycles. The highest BCUT2D eigenvalue weighted by atomic mass is 16.6. The zero-order valence-corrected chi connectivity index (χ0v) is 12.8. The van der Waals surface area contributed by atoms with Crippen LogP contribution in [0.2, 0.25) is 0 Å². The largest absolute Gasteiger partial charge is 0.468 e. The highest BCUT2D eigenvalue weighted by Crippen LogP contribution is 2.20. The number of aryl methyl sites for hydroxylation is 1. The fraction of sp³-hybridized carbons (Fsp3) is 0.688. The lowest BCUT2D eigenvalue weighted by Gasteiger charge is -2.10. The normalized spacial score (nSPS) is 12.5. The van der Waals surface area contributed by atoms with E-state index in [1.165, 1.54) is 26.4 Å². The third-order valence-electron chi connectivity index (χ3n) is 3.85. The lowest BCUT2D eigenvalue weighted by atomic mass is 10.00. The van der Waals surface area contributed by atoms with Crippen LogP contribution in [0.1, 0.15) is 56.4 Å². The number of hydrogen-bond donors (Lipinski definition) is 0. The summed E-state index contributed by atoms with van der Waals surface area (Å²) in [6.07, 6.45) is 5.51. The van der Waals surface area contributed by atoms with Crippen molar-refractivity contribution >= 4 is 0 Å². The zero-order chi connectivity index (χ0) is 14.4. The first-order valence-electron chi connectivity index (χ1n) is 7.18. The summed E-state index contributed by atoms with van der Waals surface area (Å²) in [5, 5.41) is 0. The quantitative estimate of drug-likeness (QED) is 0.700. The Hall–Kier alpha value is -1.25. The summed E-state index contributed by atoms with van der Waals surface area (Å²) in [5.41, 5.74) is 1.32. The molecule has 0 saturated carbocycles. The van der Waals surface area contributed by atoms with Crippen LogP contribution in [-0.4, -0.2) is 7.11 Å². The van der Waals surface area contributed by atoms with E-state index in [0.29, 0.717) is 11.5 Å². The van der Waals surface area contributed by atoms with Crippen LogP contribution in [0, 0.1) is 19.8 Å². The molecule has 0 unspecified atom stereocenters. The topological polar surface area (TPSA) is 39.4 Å². The smallest absolute Gasteiger partial charge is 0.291 e. The highest BCUT2D eigenvalue weighted by Gasteiger charge is 2.13. The molecule has 0 radical (unpaired) electrons. The maximum absolute atomic E-state index is 12.0. The van der Waals surface area contributed by atoms with E-state index in [1.54, 1.807) is 6.92 Å². The van der Waals surface area contributed by atoms with Gasteiger partial charge in [0.15, 0.2) is 5.43 Å². The fourth-order valence-electron chi connectivity index (χ4n) is 2.18. The van der Waals surface area contributed by atoms with E-state index in [4.69, 9.17) is 9.15 Å². The number of unbranched alkanes of at least 4 members (excludes halogenated alkanes) is 1. The van der Waals surface area contributed by atoms with Gasteiger partial charge in [-0.15, -0.1) is 0 Å². The van der Waals surface area contributed by atoms with Crippen LogP contribution in [0.25, 0.3) is 0 Å². The molecule has 19 heavy (non-hydrogen) atoms. The van der Waals surface area contributed by atoms with Crippen molar-refractivity contribution in [2.75, 3.05) is 7.11 Å². The van der Waals surface area contributed by atoms with Gasteiger partial charge in [-0.1, -0.05) is 33.1 Å². The highest BCUT2D eigenvalue weighted by molar-refractivity contribution is 5.29. The Morgan fingerprint density at radius 2 is 1.89 bits per heavy atom. The summed E-state index contributed by atoms with van der Waals surface area (Å²) in [7, 11) is 1.54. The number of rotatable bonds is 7. The molecule has 1 aromatic rings. The molecule has 1 atom stereocenters. The van der Waals surface area contributed by atoms with Crippen molar-refractivity contribution in [3.63, 3.8) is 0 Å². The van der Waals surface area contributed by atoms with Crippen molar-refractivity contribution in [2.45, 2.75) is 59.8 Å². The van der Waals surface area contributed by atoms with Crippen molar-refractivity contribution in [1.29, 1.82) is 0 Å². The van der Waals surface area contributed by atoms with Gasteiger partial charge >= 0.3 is 0 Å². The molecule has 108 valence electrons. The Kier molecular flexibility index (Phi) is 6.13. The van der Waals surface area contributed by atoms with Gasteiger partial charge in [0.05, 0.1) is 12.7 Å². The van der Waals surface area contributed by atoms with Gasteiger partial charge in [0.1, 0.15) is 5.76 Å². The van der Waals surface area contributed by atoms with E-state index in [9.17, 15) is 4.79 Å². The Labute approximate surface area is 116 Å². The molecule has 0 N–H and O–H groups in total. The maximum Gasteiger partial charge on any atom is 0.291 e. The predicted molar refractivity (Wildman–Crippen MR) is 78.0 cm³/mol. The molecular weight excluding hydrogens is 240 g/mol. The van der Waals surface area contributed by atoms with E-state index in [2.05, 4.69) is 13.8 Å². The molecule has 0 aliphatic rings. The molecule has 3 heteroatoms. The van der Waals surface area contributed by atoms with E-state index < -0.39 is 0 Å². The molecule has 0 bridgehead atoms. The Bertz CT molecular complexity index is 460. The maximum atomic E-state index is 12.0. The second kappa shape index (κ2) is 7.37. The van der Waals surface area contributed by atoms with Crippen LogP contribution >= 0.6 is 0 Å². The van der Waals surface area contributed by atoms with Gasteiger partial charge in [-0.25, -0.2) is 0 Å². The second-order valence-electron chi connectivity index (χ2n) is 5.36. The van der Waals surface area contributed by atoms with Crippen molar-refractivity contribution in [3.05, 3.63) is 27.1 Å². The van der Waals surface area contributed by atoms with Crippen molar-refractivity contribution < 1.29 is 9.15 Å². The fourth-order valence-corrected chi connectivity index (χ4v) is 2.18. The van der Waals surface area contributed by atoms with Gasteiger partial charge in [0, 0.05) is 12.0 Å². The monoisotopic (exact) mass is 266 g/mol. The van der Waals surface area contributed by atoms with Gasteiger partial charge in [-0.3, -0.25) is 4.79 Å². The lowest BCUT2D eigenvalue weighted by molar-refractivity contribution is 0.277. The third kappa shape index (κ3) is 4.12. The molecule has 1 aromatic heterocycles. The summed E-state index contributed by atoms with van der Waals surface area (Å²) in [4.78, 5) is 12.0. The molecule has 1 heterocycles. The summed E-state index contributed by atoms with van der Waals surface area (Å²) in [6.45, 7) is 8.08. The van der Waals surface area contributed by atoms with Gasteiger partial charge in [0.2, 0.25) is 0 Å². The van der Waals surface area contributed by atoms with E-state index in [-0.39, 0.29) is 5.43 Å². The standard InChI is InChI=1S/C16H26O3/c1-6-11(2)9-7-8-10-14-12(3)15(17)13(4)16(18-5)19-14/h11H,6-10H2,1-5H3/t11-/m1/s1. The van der Waals surface area contributed by atoms with Gasteiger partial charge in [-0.2, -0.15) is 0 Å². The van der Waals surface area contributed by atoms with Crippen LogP contribution in [0.15, 0.2) is 9.21 Å².